The van der Waals surface area contributed by atoms with E-state index in [1.54, 1.807) is 6.07 Å². The summed E-state index contributed by atoms with van der Waals surface area (Å²) in [4.78, 5) is 41.2. The van der Waals surface area contributed by atoms with Crippen molar-refractivity contribution in [2.45, 2.75) is 51.9 Å². The van der Waals surface area contributed by atoms with Gasteiger partial charge in [0.15, 0.2) is 0 Å². The predicted octanol–water partition coefficient (Wildman–Crippen LogP) is 5.79. The van der Waals surface area contributed by atoms with Crippen LogP contribution in [0.25, 0.3) is 11.0 Å². The molecule has 2 aromatic heterocycles. The van der Waals surface area contributed by atoms with Gasteiger partial charge in [0.05, 0.1) is 5.56 Å². The van der Waals surface area contributed by atoms with Crippen LogP contribution >= 0.6 is 0 Å². The summed E-state index contributed by atoms with van der Waals surface area (Å²) in [5, 5.41) is 3.87. The number of carbonyl (C=O) groups excluding carboxylic acids is 3. The molecule has 1 amide bonds. The highest BCUT2D eigenvalue weighted by Crippen LogP contribution is 2.34. The smallest absolute Gasteiger partial charge is 0.344 e. The maximum absolute atomic E-state index is 14.0. The van der Waals surface area contributed by atoms with Crippen LogP contribution in [0.3, 0.4) is 0 Å². The fraction of sp³-hybridized carbons (Fsp3) is 0.364. The second-order valence-electron chi connectivity index (χ2n) is 11.4. The fourth-order valence-corrected chi connectivity index (χ4v) is 5.57. The summed E-state index contributed by atoms with van der Waals surface area (Å²) in [5.41, 5.74) is 5.13. The Balaban J connectivity index is 0.00000141. The zero-order chi connectivity index (χ0) is 32.0. The van der Waals surface area contributed by atoms with Gasteiger partial charge >= 0.3 is 12.3 Å². The molecule has 232 valence electrons. The van der Waals surface area contributed by atoms with Crippen LogP contribution in [0, 0.1) is 13.8 Å². The number of aromatic nitrogens is 2. The Hall–Kier alpha value is -4.31. The van der Waals surface area contributed by atoms with Gasteiger partial charge in [0.2, 0.25) is 0 Å². The minimum atomic E-state index is -4.56. The zero-order valence-electron chi connectivity index (χ0n) is 25.2. The number of benzene rings is 2. The first-order valence-corrected chi connectivity index (χ1v) is 14.3. The molecule has 1 aliphatic rings. The number of aryl methyl sites for hydroxylation is 4. The number of hydrogen-bond acceptors (Lipinski definition) is 6. The summed E-state index contributed by atoms with van der Waals surface area (Å²) < 4.78 is 42.1. The molecule has 2 N–H and O–H groups in total. The van der Waals surface area contributed by atoms with E-state index in [0.717, 1.165) is 71.8 Å². The Morgan fingerprint density at radius 2 is 1.82 bits per heavy atom. The highest BCUT2D eigenvalue weighted by molar-refractivity contribution is 6.04. The number of hydrogen-bond donors (Lipinski definition) is 2. The van der Waals surface area contributed by atoms with Gasteiger partial charge in [-0.3, -0.25) is 9.69 Å². The second kappa shape index (κ2) is 14.0. The number of amides is 1. The van der Waals surface area contributed by atoms with Crippen molar-refractivity contribution in [3.8, 4) is 0 Å². The standard InChI is InChI=1S/C32H36F3N5O.CO2/c1-20-5-10-27(15-23(20)7-6-22-14-26-13-21(2)37-30(26)36-17-22)38-31(41)24-8-9-25(29(16-24)32(33,34)35)18-40-12-11-28(19-40)39(3)4;2-1-3/h5,8-10,13-17,28H,6-7,11-12,18-19H2,1-4H3,(H,36,37)(H,38,41);. The summed E-state index contributed by atoms with van der Waals surface area (Å²) in [6, 6.07) is 14.0. The number of H-pyrrole nitrogens is 1. The Labute approximate surface area is 254 Å². The molecule has 1 fully saturated rings. The highest BCUT2D eigenvalue weighted by atomic mass is 19.4. The summed E-state index contributed by atoms with van der Waals surface area (Å²) in [6.45, 7) is 5.67. The van der Waals surface area contributed by atoms with Gasteiger partial charge in [0.25, 0.3) is 5.91 Å². The molecule has 1 unspecified atom stereocenters. The number of likely N-dealkylation sites (N-methyl/N-ethyl adjacent to an activating group) is 1. The number of nitrogens with one attached hydrogen (secondary N) is 2. The number of aromatic amines is 1. The van der Waals surface area contributed by atoms with Crippen LogP contribution in [-0.4, -0.2) is 65.1 Å². The van der Waals surface area contributed by atoms with Gasteiger partial charge in [-0.25, -0.2) is 4.98 Å². The Morgan fingerprint density at radius 3 is 2.50 bits per heavy atom. The van der Waals surface area contributed by atoms with Crippen LogP contribution < -0.4 is 5.32 Å². The molecule has 44 heavy (non-hydrogen) atoms. The molecule has 0 bridgehead atoms. The molecule has 1 saturated heterocycles. The summed E-state index contributed by atoms with van der Waals surface area (Å²) in [7, 11) is 3.98. The lowest BCUT2D eigenvalue weighted by molar-refractivity contribution is -0.191. The van der Waals surface area contributed by atoms with Crippen LogP contribution in [-0.2, 0) is 35.2 Å². The van der Waals surface area contributed by atoms with Crippen LogP contribution in [0.4, 0.5) is 18.9 Å². The lowest BCUT2D eigenvalue weighted by atomic mass is 10.00. The van der Waals surface area contributed by atoms with Crippen LogP contribution in [0.2, 0.25) is 0 Å². The van der Waals surface area contributed by atoms with Crippen molar-refractivity contribution in [3.63, 3.8) is 0 Å². The molecule has 3 heterocycles. The Morgan fingerprint density at radius 1 is 1.07 bits per heavy atom. The quantitative estimate of drug-likeness (QED) is 0.263. The third-order valence-electron chi connectivity index (χ3n) is 8.00. The lowest BCUT2D eigenvalue weighted by Gasteiger charge is -2.22. The average Bonchev–Trinajstić information content (AvgIpc) is 3.59. The molecule has 0 aliphatic carbocycles. The number of alkyl halides is 3. The third-order valence-corrected chi connectivity index (χ3v) is 8.00. The molecule has 5 rings (SSSR count). The van der Waals surface area contributed by atoms with E-state index in [4.69, 9.17) is 9.59 Å². The number of anilines is 1. The SMILES string of the molecule is Cc1cc2cc(CCc3cc(NC(=O)c4ccc(CN5CCC(N(C)C)C5)c(C(F)(F)F)c4)ccc3C)cnc2[nH]1.O=C=O. The molecule has 1 aliphatic heterocycles. The van der Waals surface area contributed by atoms with E-state index in [-0.39, 0.29) is 23.8 Å². The molecular formula is C33H36F3N5O3. The van der Waals surface area contributed by atoms with Gasteiger partial charge in [-0.05, 0) is 106 Å². The zero-order valence-corrected chi connectivity index (χ0v) is 25.2. The maximum Gasteiger partial charge on any atom is 0.416 e. The molecule has 0 spiro atoms. The lowest BCUT2D eigenvalue weighted by Crippen LogP contribution is -2.31. The molecule has 11 heteroatoms. The molecule has 2 aromatic carbocycles. The maximum atomic E-state index is 14.0. The first-order valence-electron chi connectivity index (χ1n) is 14.3. The molecule has 0 saturated carbocycles. The Bertz CT molecular complexity index is 1660. The van der Waals surface area contributed by atoms with E-state index in [2.05, 4.69) is 32.3 Å². The van der Waals surface area contributed by atoms with Crippen LogP contribution in [0.5, 0.6) is 0 Å². The minimum Gasteiger partial charge on any atom is -0.344 e. The summed E-state index contributed by atoms with van der Waals surface area (Å²) >= 11 is 0. The van der Waals surface area contributed by atoms with Gasteiger partial charge in [-0.1, -0.05) is 12.1 Å². The number of carbonyl (C=O) groups is 1. The van der Waals surface area contributed by atoms with Crippen molar-refractivity contribution in [2.75, 3.05) is 32.5 Å². The summed E-state index contributed by atoms with van der Waals surface area (Å²) in [5.74, 6) is -0.567. The van der Waals surface area contributed by atoms with E-state index < -0.39 is 17.6 Å². The van der Waals surface area contributed by atoms with Crippen molar-refractivity contribution >= 4 is 28.8 Å². The monoisotopic (exact) mass is 607 g/mol. The van der Waals surface area contributed by atoms with Crippen molar-refractivity contribution in [3.05, 3.63) is 93.8 Å². The molecule has 1 atom stereocenters. The van der Waals surface area contributed by atoms with Gasteiger partial charge in [0.1, 0.15) is 5.65 Å². The van der Waals surface area contributed by atoms with Crippen molar-refractivity contribution in [2.24, 2.45) is 0 Å². The topological polar surface area (TPSA) is 98.4 Å². The number of pyridine rings is 1. The van der Waals surface area contributed by atoms with Gasteiger partial charge < -0.3 is 15.2 Å². The molecule has 0 radical (unpaired) electrons. The second-order valence-corrected chi connectivity index (χ2v) is 11.4. The van der Waals surface area contributed by atoms with E-state index in [9.17, 15) is 18.0 Å². The van der Waals surface area contributed by atoms with Crippen molar-refractivity contribution < 1.29 is 27.6 Å². The van der Waals surface area contributed by atoms with Crippen LogP contribution in [0.15, 0.2) is 54.7 Å². The van der Waals surface area contributed by atoms with Gasteiger partial charge in [0, 0.05) is 54.2 Å². The third kappa shape index (κ3) is 8.19. The average molecular weight is 608 g/mol. The highest BCUT2D eigenvalue weighted by Gasteiger charge is 2.35. The minimum absolute atomic E-state index is 0.0167. The van der Waals surface area contributed by atoms with Gasteiger partial charge in [-0.15, -0.1) is 0 Å². The van der Waals surface area contributed by atoms with Crippen molar-refractivity contribution in [1.29, 1.82) is 0 Å². The number of rotatable bonds is 8. The first-order chi connectivity index (χ1) is 20.9. The van der Waals surface area contributed by atoms with E-state index in [1.165, 1.54) is 12.1 Å². The number of nitrogens with zero attached hydrogens (tertiary/aromatic N) is 3. The molecular weight excluding hydrogens is 571 g/mol. The van der Waals surface area contributed by atoms with Gasteiger partial charge in [-0.2, -0.15) is 22.8 Å². The van der Waals surface area contributed by atoms with E-state index in [0.29, 0.717) is 11.7 Å². The Kier molecular flexibility index (Phi) is 10.4. The van der Waals surface area contributed by atoms with Crippen LogP contribution in [0.1, 0.15) is 50.3 Å². The number of fused-ring (bicyclic) bond motifs is 1. The molecule has 8 nitrogen and oxygen atoms in total. The fourth-order valence-electron chi connectivity index (χ4n) is 5.57. The number of likely N-dealkylation sites (tertiary alicyclic amines) is 1. The van der Waals surface area contributed by atoms with Crippen molar-refractivity contribution in [1.82, 2.24) is 19.8 Å². The first kappa shape index (κ1) is 32.6. The normalized spacial score (nSPS) is 15.2. The predicted molar refractivity (Wildman–Crippen MR) is 161 cm³/mol. The molecule has 4 aromatic rings. The summed E-state index contributed by atoms with van der Waals surface area (Å²) in [6.07, 6.45) is -0.00378. The largest absolute Gasteiger partial charge is 0.416 e. The van der Waals surface area contributed by atoms with E-state index in [1.807, 2.05) is 51.2 Å². The number of halogens is 3. The van der Waals surface area contributed by atoms with E-state index >= 15 is 0 Å².